The second-order valence-corrected chi connectivity index (χ2v) is 5.47. The van der Waals surface area contributed by atoms with E-state index in [-0.39, 0.29) is 11.7 Å². The quantitative estimate of drug-likeness (QED) is 0.813. The summed E-state index contributed by atoms with van der Waals surface area (Å²) in [6.45, 7) is 4.42. The second kappa shape index (κ2) is 5.89. The van der Waals surface area contributed by atoms with Crippen LogP contribution in [-0.2, 0) is 9.53 Å². The van der Waals surface area contributed by atoms with Crippen molar-refractivity contribution < 1.29 is 13.9 Å². The van der Waals surface area contributed by atoms with Gasteiger partial charge in [0.2, 0.25) is 5.91 Å². The molecule has 1 amide bonds. The van der Waals surface area contributed by atoms with Crippen LogP contribution in [0.15, 0.2) is 18.2 Å². The van der Waals surface area contributed by atoms with Gasteiger partial charge in [0.05, 0.1) is 31.1 Å². The number of likely N-dealkylation sites (N-methyl/N-ethyl adjacent to an activating group) is 1. The van der Waals surface area contributed by atoms with Gasteiger partial charge in [-0.2, -0.15) is 0 Å². The zero-order valence-corrected chi connectivity index (χ0v) is 12.2. The maximum absolute atomic E-state index is 13.4. The molecule has 2 heterocycles. The van der Waals surface area contributed by atoms with Gasteiger partial charge < -0.3 is 19.4 Å². The molecule has 0 atom stereocenters. The van der Waals surface area contributed by atoms with Crippen molar-refractivity contribution in [2.24, 2.45) is 0 Å². The van der Waals surface area contributed by atoms with Crippen molar-refractivity contribution in [3.8, 4) is 0 Å². The molecule has 3 rings (SSSR count). The Morgan fingerprint density at radius 1 is 1.19 bits per heavy atom. The Labute approximate surface area is 123 Å². The number of morpholine rings is 1. The zero-order valence-electron chi connectivity index (χ0n) is 12.2. The predicted octanol–water partition coefficient (Wildman–Crippen LogP) is 0.941. The van der Waals surface area contributed by atoms with Gasteiger partial charge in [0.25, 0.3) is 0 Å². The number of benzene rings is 1. The summed E-state index contributed by atoms with van der Waals surface area (Å²) >= 11 is 0. The van der Waals surface area contributed by atoms with Crippen LogP contribution in [0, 0.1) is 5.82 Å². The Morgan fingerprint density at radius 3 is 2.71 bits per heavy atom. The van der Waals surface area contributed by atoms with Crippen molar-refractivity contribution in [2.75, 3.05) is 62.8 Å². The number of nitrogens with zero attached hydrogens (tertiary/aromatic N) is 3. The van der Waals surface area contributed by atoms with E-state index in [1.54, 1.807) is 6.07 Å². The lowest BCUT2D eigenvalue weighted by Crippen LogP contribution is -2.48. The van der Waals surface area contributed by atoms with Crippen LogP contribution in [-0.4, -0.2) is 63.8 Å². The third kappa shape index (κ3) is 2.95. The average Bonchev–Trinajstić information content (AvgIpc) is 2.51. The standard InChI is InChI=1S/C15H20FN3O2/c1-17-4-5-19(13-3-2-12(16)10-14(13)17)11-15(20)18-6-8-21-9-7-18/h2-3,10H,4-9,11H2,1H3. The largest absolute Gasteiger partial charge is 0.378 e. The molecule has 5 nitrogen and oxygen atoms in total. The first-order valence-electron chi connectivity index (χ1n) is 7.26. The monoisotopic (exact) mass is 293 g/mol. The number of fused-ring (bicyclic) bond motifs is 1. The molecule has 0 spiro atoms. The molecule has 0 unspecified atom stereocenters. The first-order chi connectivity index (χ1) is 10.1. The smallest absolute Gasteiger partial charge is 0.242 e. The van der Waals surface area contributed by atoms with E-state index in [2.05, 4.69) is 0 Å². The predicted molar refractivity (Wildman–Crippen MR) is 79.3 cm³/mol. The topological polar surface area (TPSA) is 36.0 Å². The van der Waals surface area contributed by atoms with Gasteiger partial charge in [0.15, 0.2) is 0 Å². The third-order valence-electron chi connectivity index (χ3n) is 4.08. The van der Waals surface area contributed by atoms with Crippen molar-refractivity contribution in [3.63, 3.8) is 0 Å². The van der Waals surface area contributed by atoms with E-state index in [1.165, 1.54) is 12.1 Å². The van der Waals surface area contributed by atoms with E-state index in [4.69, 9.17) is 4.74 Å². The van der Waals surface area contributed by atoms with E-state index in [0.29, 0.717) is 32.8 Å². The van der Waals surface area contributed by atoms with Crippen molar-refractivity contribution >= 4 is 17.3 Å². The molecule has 0 radical (unpaired) electrons. The second-order valence-electron chi connectivity index (χ2n) is 5.47. The number of anilines is 2. The highest BCUT2D eigenvalue weighted by Gasteiger charge is 2.25. The van der Waals surface area contributed by atoms with Crippen LogP contribution in [0.5, 0.6) is 0 Å². The van der Waals surface area contributed by atoms with Crippen LogP contribution in [0.2, 0.25) is 0 Å². The number of ether oxygens (including phenoxy) is 1. The Kier molecular flexibility index (Phi) is 3.96. The number of amides is 1. The SMILES string of the molecule is CN1CCN(CC(=O)N2CCOCC2)c2ccc(F)cc21. The third-order valence-corrected chi connectivity index (χ3v) is 4.08. The highest BCUT2D eigenvalue weighted by molar-refractivity contribution is 5.84. The molecular formula is C15H20FN3O2. The van der Waals surface area contributed by atoms with Gasteiger partial charge in [-0.1, -0.05) is 0 Å². The molecule has 1 aromatic rings. The molecule has 1 saturated heterocycles. The van der Waals surface area contributed by atoms with Gasteiger partial charge in [0.1, 0.15) is 5.82 Å². The molecule has 0 saturated carbocycles. The van der Waals surface area contributed by atoms with Crippen molar-refractivity contribution in [2.45, 2.75) is 0 Å². The van der Waals surface area contributed by atoms with E-state index < -0.39 is 0 Å². The molecule has 21 heavy (non-hydrogen) atoms. The van der Waals surface area contributed by atoms with Crippen molar-refractivity contribution in [1.29, 1.82) is 0 Å². The lowest BCUT2D eigenvalue weighted by molar-refractivity contribution is -0.133. The Bertz CT molecular complexity index is 532. The van der Waals surface area contributed by atoms with Gasteiger partial charge >= 0.3 is 0 Å². The molecule has 2 aliphatic rings. The van der Waals surface area contributed by atoms with E-state index in [9.17, 15) is 9.18 Å². The van der Waals surface area contributed by atoms with Crippen LogP contribution < -0.4 is 9.80 Å². The maximum Gasteiger partial charge on any atom is 0.242 e. The summed E-state index contributed by atoms with van der Waals surface area (Å²) in [5.41, 5.74) is 1.77. The average molecular weight is 293 g/mol. The molecule has 2 aliphatic heterocycles. The molecule has 0 N–H and O–H groups in total. The number of rotatable bonds is 2. The molecule has 0 aromatic heterocycles. The number of hydrogen-bond acceptors (Lipinski definition) is 4. The molecule has 114 valence electrons. The summed E-state index contributed by atoms with van der Waals surface area (Å²) in [4.78, 5) is 18.3. The Morgan fingerprint density at radius 2 is 1.95 bits per heavy atom. The van der Waals surface area contributed by atoms with Gasteiger partial charge in [-0.3, -0.25) is 4.79 Å². The van der Waals surface area contributed by atoms with Crippen LogP contribution >= 0.6 is 0 Å². The van der Waals surface area contributed by atoms with Crippen LogP contribution in [0.3, 0.4) is 0 Å². The normalized spacial score (nSPS) is 18.7. The fourth-order valence-electron chi connectivity index (χ4n) is 2.82. The fraction of sp³-hybridized carbons (Fsp3) is 0.533. The summed E-state index contributed by atoms with van der Waals surface area (Å²) in [6.07, 6.45) is 0. The first kappa shape index (κ1) is 14.1. The fourth-order valence-corrected chi connectivity index (χ4v) is 2.82. The Hall–Kier alpha value is -1.82. The lowest BCUT2D eigenvalue weighted by Gasteiger charge is -2.38. The van der Waals surface area contributed by atoms with Gasteiger partial charge in [-0.25, -0.2) is 4.39 Å². The van der Waals surface area contributed by atoms with Gasteiger partial charge in [-0.15, -0.1) is 0 Å². The van der Waals surface area contributed by atoms with E-state index >= 15 is 0 Å². The molecule has 0 bridgehead atoms. The van der Waals surface area contributed by atoms with Crippen molar-refractivity contribution in [1.82, 2.24) is 4.90 Å². The van der Waals surface area contributed by atoms with Crippen LogP contribution in [0.1, 0.15) is 0 Å². The minimum absolute atomic E-state index is 0.109. The number of carbonyl (C=O) groups is 1. The molecule has 1 fully saturated rings. The minimum atomic E-state index is -0.248. The summed E-state index contributed by atoms with van der Waals surface area (Å²) in [7, 11) is 1.94. The van der Waals surface area contributed by atoms with Crippen LogP contribution in [0.4, 0.5) is 15.8 Å². The minimum Gasteiger partial charge on any atom is -0.378 e. The van der Waals surface area contributed by atoms with E-state index in [1.807, 2.05) is 21.7 Å². The summed E-state index contributed by atoms with van der Waals surface area (Å²) in [5.74, 6) is -0.139. The summed E-state index contributed by atoms with van der Waals surface area (Å²) in [5, 5.41) is 0. The number of hydrogen-bond donors (Lipinski definition) is 0. The van der Waals surface area contributed by atoms with Gasteiger partial charge in [0, 0.05) is 33.2 Å². The number of carbonyl (C=O) groups excluding carboxylic acids is 1. The highest BCUT2D eigenvalue weighted by atomic mass is 19.1. The maximum atomic E-state index is 13.4. The number of halogens is 1. The van der Waals surface area contributed by atoms with Gasteiger partial charge in [-0.05, 0) is 18.2 Å². The lowest BCUT2D eigenvalue weighted by atomic mass is 10.1. The molecule has 1 aromatic carbocycles. The summed E-state index contributed by atoms with van der Waals surface area (Å²) in [6, 6.07) is 4.73. The zero-order chi connectivity index (χ0) is 14.8. The van der Waals surface area contributed by atoms with Crippen molar-refractivity contribution in [3.05, 3.63) is 24.0 Å². The molecular weight excluding hydrogens is 273 g/mol. The molecule has 6 heteroatoms. The summed E-state index contributed by atoms with van der Waals surface area (Å²) < 4.78 is 18.7. The van der Waals surface area contributed by atoms with Crippen LogP contribution in [0.25, 0.3) is 0 Å². The Balaban J connectivity index is 1.75. The molecule has 0 aliphatic carbocycles. The highest BCUT2D eigenvalue weighted by Crippen LogP contribution is 2.32. The first-order valence-corrected chi connectivity index (χ1v) is 7.26. The van der Waals surface area contributed by atoms with E-state index in [0.717, 1.165) is 24.5 Å².